The number of rotatable bonds is 5. The number of likely N-dealkylation sites (N-methyl/N-ethyl adjacent to an activating group) is 1. The number of hydrogen-bond donors (Lipinski definition) is 3. The first-order chi connectivity index (χ1) is 12.9. The Morgan fingerprint density at radius 1 is 1.41 bits per heavy atom. The minimum absolute atomic E-state index is 0.0799. The number of aliphatic hydroxyl groups is 1. The second-order valence-corrected chi connectivity index (χ2v) is 7.11. The summed E-state index contributed by atoms with van der Waals surface area (Å²) in [5, 5.41) is 15.4. The highest BCUT2D eigenvalue weighted by Crippen LogP contribution is 2.29. The van der Waals surface area contributed by atoms with Crippen LogP contribution in [0, 0.1) is 5.92 Å². The third kappa shape index (κ3) is 5.20. The molecule has 0 unspecified atom stereocenters. The van der Waals surface area contributed by atoms with Crippen molar-refractivity contribution in [1.29, 1.82) is 0 Å². The van der Waals surface area contributed by atoms with Crippen molar-refractivity contribution in [2.45, 2.75) is 39.3 Å². The topological polar surface area (TPSA) is 81.7 Å². The van der Waals surface area contributed by atoms with Gasteiger partial charge in [0.2, 0.25) is 11.8 Å². The van der Waals surface area contributed by atoms with Gasteiger partial charge in [0.05, 0.1) is 12.6 Å². The van der Waals surface area contributed by atoms with E-state index in [-0.39, 0.29) is 36.4 Å². The largest absolute Gasteiger partial charge is 0.394 e. The molecular weight excluding hydrogens is 342 g/mol. The Bertz CT molecular complexity index is 740. The number of amides is 2. The predicted octanol–water partition coefficient (Wildman–Crippen LogP) is 2.25. The van der Waals surface area contributed by atoms with Gasteiger partial charge in [-0.3, -0.25) is 9.59 Å². The van der Waals surface area contributed by atoms with Gasteiger partial charge in [-0.1, -0.05) is 32.1 Å². The first-order valence-electron chi connectivity index (χ1n) is 9.24. The molecule has 0 spiro atoms. The molecule has 0 bridgehead atoms. The zero-order valence-electron chi connectivity index (χ0n) is 16.4. The summed E-state index contributed by atoms with van der Waals surface area (Å²) in [4.78, 5) is 26.6. The Kier molecular flexibility index (Phi) is 7.19. The van der Waals surface area contributed by atoms with E-state index in [0.717, 1.165) is 11.3 Å². The van der Waals surface area contributed by atoms with Crippen LogP contribution in [-0.2, 0) is 16.0 Å². The first kappa shape index (κ1) is 20.7. The fourth-order valence-corrected chi connectivity index (χ4v) is 3.40. The summed E-state index contributed by atoms with van der Waals surface area (Å²) in [7, 11) is 1.90. The number of hydrogen-bond acceptors (Lipinski definition) is 4. The van der Waals surface area contributed by atoms with Crippen LogP contribution in [-0.4, -0.2) is 42.7 Å². The van der Waals surface area contributed by atoms with Crippen LogP contribution in [0.1, 0.15) is 26.3 Å². The highest BCUT2D eigenvalue weighted by Gasteiger charge is 2.32. The highest BCUT2D eigenvalue weighted by molar-refractivity contribution is 5.99. The molecule has 1 heterocycles. The maximum absolute atomic E-state index is 12.6. The van der Waals surface area contributed by atoms with Crippen LogP contribution >= 0.6 is 0 Å². The number of benzene rings is 1. The molecule has 2 amide bonds. The number of nitrogens with one attached hydrogen (secondary N) is 2. The molecule has 2 atom stereocenters. The molecule has 27 heavy (non-hydrogen) atoms. The van der Waals surface area contributed by atoms with Gasteiger partial charge in [-0.05, 0) is 43.0 Å². The van der Waals surface area contributed by atoms with Crippen LogP contribution in [0.25, 0.3) is 0 Å². The zero-order chi connectivity index (χ0) is 20.0. The lowest BCUT2D eigenvalue weighted by molar-refractivity contribution is -0.124. The van der Waals surface area contributed by atoms with Crippen molar-refractivity contribution in [1.82, 2.24) is 5.32 Å². The summed E-state index contributed by atoms with van der Waals surface area (Å²) in [6.45, 7) is 5.75. The van der Waals surface area contributed by atoms with Gasteiger partial charge in [0.15, 0.2) is 0 Å². The smallest absolute Gasteiger partial charge is 0.248 e. The zero-order valence-corrected chi connectivity index (χ0v) is 16.4. The maximum atomic E-state index is 12.6. The van der Waals surface area contributed by atoms with Gasteiger partial charge in [-0.2, -0.15) is 0 Å². The van der Waals surface area contributed by atoms with Crippen LogP contribution in [0.5, 0.6) is 0 Å². The average Bonchev–Trinajstić information content (AvgIpc) is 2.60. The number of fused-ring (bicyclic) bond motifs is 1. The van der Waals surface area contributed by atoms with Crippen LogP contribution in [0.3, 0.4) is 0 Å². The molecule has 1 aromatic rings. The number of carbonyl (C=O) groups excluding carboxylic acids is 2. The monoisotopic (exact) mass is 371 g/mol. The second-order valence-electron chi connectivity index (χ2n) is 7.11. The molecule has 146 valence electrons. The third-order valence-corrected chi connectivity index (χ3v) is 4.63. The Labute approximate surface area is 160 Å². The van der Waals surface area contributed by atoms with E-state index < -0.39 is 0 Å². The van der Waals surface area contributed by atoms with Crippen molar-refractivity contribution in [2.75, 3.05) is 23.9 Å². The van der Waals surface area contributed by atoms with Crippen molar-refractivity contribution < 1.29 is 14.7 Å². The lowest BCUT2D eigenvalue weighted by Crippen LogP contribution is -2.54. The standard InChI is InChI=1S/C21H29N3O3/c1-5-6-7-8-19(26)22-16-9-10-18-15(11-16)12-17(13-25)23-21(27)20(14(2)3)24(18)4/h5-11,14,17,20,25H,12-13H2,1-4H3,(H,22,26)(H,23,27)/b6-5+,8-7-/t17-,20-/m0/s1. The van der Waals surface area contributed by atoms with E-state index in [2.05, 4.69) is 10.6 Å². The molecule has 3 N–H and O–H groups in total. The normalized spacial score (nSPS) is 20.5. The number of carbonyl (C=O) groups is 2. The van der Waals surface area contributed by atoms with Gasteiger partial charge in [-0.15, -0.1) is 0 Å². The second kappa shape index (κ2) is 9.37. The van der Waals surface area contributed by atoms with Crippen molar-refractivity contribution >= 4 is 23.2 Å². The summed E-state index contributed by atoms with van der Waals surface area (Å²) in [6, 6.07) is 4.98. The number of aliphatic hydroxyl groups excluding tert-OH is 1. The minimum Gasteiger partial charge on any atom is -0.394 e. The van der Waals surface area contributed by atoms with Crippen molar-refractivity contribution in [3.05, 3.63) is 48.1 Å². The van der Waals surface area contributed by atoms with Crippen molar-refractivity contribution in [2.24, 2.45) is 5.92 Å². The third-order valence-electron chi connectivity index (χ3n) is 4.63. The average molecular weight is 371 g/mol. The van der Waals surface area contributed by atoms with Gasteiger partial charge < -0.3 is 20.6 Å². The van der Waals surface area contributed by atoms with Crippen LogP contribution < -0.4 is 15.5 Å². The summed E-state index contributed by atoms with van der Waals surface area (Å²) < 4.78 is 0. The van der Waals surface area contributed by atoms with Gasteiger partial charge in [0, 0.05) is 24.5 Å². The van der Waals surface area contributed by atoms with Crippen LogP contribution in [0.15, 0.2) is 42.5 Å². The fourth-order valence-electron chi connectivity index (χ4n) is 3.40. The quantitative estimate of drug-likeness (QED) is 0.548. The molecule has 1 aromatic carbocycles. The first-order valence-corrected chi connectivity index (χ1v) is 9.24. The lowest BCUT2D eigenvalue weighted by atomic mass is 9.95. The number of nitrogens with zero attached hydrogens (tertiary/aromatic N) is 1. The molecule has 2 rings (SSSR count). The van der Waals surface area contributed by atoms with Crippen molar-refractivity contribution in [3.63, 3.8) is 0 Å². The number of anilines is 2. The van der Waals surface area contributed by atoms with E-state index in [1.807, 2.05) is 57.0 Å². The molecule has 0 fully saturated rings. The van der Waals surface area contributed by atoms with Gasteiger partial charge >= 0.3 is 0 Å². The molecule has 0 saturated carbocycles. The van der Waals surface area contributed by atoms with E-state index in [4.69, 9.17) is 0 Å². The SMILES string of the molecule is C/C=C/C=C\C(=O)Nc1ccc2c(c1)C[C@@H](CO)NC(=O)[C@H](C(C)C)N2C. The van der Waals surface area contributed by atoms with E-state index in [0.29, 0.717) is 12.1 Å². The fraction of sp³-hybridized carbons (Fsp3) is 0.429. The summed E-state index contributed by atoms with van der Waals surface area (Å²) in [5.41, 5.74) is 2.59. The highest BCUT2D eigenvalue weighted by atomic mass is 16.3. The van der Waals surface area contributed by atoms with Gasteiger partial charge in [0.25, 0.3) is 0 Å². The Morgan fingerprint density at radius 3 is 2.78 bits per heavy atom. The predicted molar refractivity (Wildman–Crippen MR) is 109 cm³/mol. The molecular formula is C21H29N3O3. The van der Waals surface area contributed by atoms with Gasteiger partial charge in [-0.25, -0.2) is 0 Å². The molecule has 0 saturated heterocycles. The van der Waals surface area contributed by atoms with Crippen LogP contribution in [0.2, 0.25) is 0 Å². The summed E-state index contributed by atoms with van der Waals surface area (Å²) in [5.74, 6) is -0.181. The lowest BCUT2D eigenvalue weighted by Gasteiger charge is -2.37. The molecule has 6 heteroatoms. The molecule has 1 aliphatic rings. The van der Waals surface area contributed by atoms with Gasteiger partial charge in [0.1, 0.15) is 6.04 Å². The molecule has 1 aliphatic heterocycles. The molecule has 0 aliphatic carbocycles. The Morgan fingerprint density at radius 2 is 2.15 bits per heavy atom. The van der Waals surface area contributed by atoms with E-state index in [1.165, 1.54) is 6.08 Å². The summed E-state index contributed by atoms with van der Waals surface area (Å²) >= 11 is 0. The minimum atomic E-state index is -0.355. The van der Waals surface area contributed by atoms with Crippen LogP contribution in [0.4, 0.5) is 11.4 Å². The molecule has 6 nitrogen and oxygen atoms in total. The number of allylic oxidation sites excluding steroid dienone is 3. The Hall–Kier alpha value is -2.60. The van der Waals surface area contributed by atoms with E-state index in [1.54, 1.807) is 12.2 Å². The maximum Gasteiger partial charge on any atom is 0.248 e. The van der Waals surface area contributed by atoms with E-state index >= 15 is 0 Å². The molecule has 0 aromatic heterocycles. The summed E-state index contributed by atoms with van der Waals surface area (Å²) in [6.07, 6.45) is 7.27. The van der Waals surface area contributed by atoms with E-state index in [9.17, 15) is 14.7 Å². The molecule has 0 radical (unpaired) electrons. The Balaban J connectivity index is 2.34. The van der Waals surface area contributed by atoms with Crippen molar-refractivity contribution in [3.8, 4) is 0 Å².